The molecule has 1 aliphatic rings. The number of nitrogens with one attached hydrogen (secondary N) is 1. The third-order valence-electron chi connectivity index (χ3n) is 5.75. The zero-order chi connectivity index (χ0) is 29.5. The first-order valence-electron chi connectivity index (χ1n) is 12.1. The molecule has 3 heterocycles. The van der Waals surface area contributed by atoms with E-state index in [2.05, 4.69) is 40.1 Å². The van der Waals surface area contributed by atoms with Crippen molar-refractivity contribution in [3.8, 4) is 0 Å². The standard InChI is InChI=1S/C23H32BN5O4.3CO.Re/c30-22(27-16-23(31)29-15-7-10-21(29)24(32)33)11-3-6-14-28(17-19-8-1-4-12-25-19)18-20-9-2-5-13-26-20;3*1-2;/h1-2,4-5,8-9,12-13,21,32-33H,3,6-7,10-11,14-18H2,(H,27,30);;;;. The minimum atomic E-state index is -1.55. The number of amides is 2. The van der Waals surface area contributed by atoms with Crippen LogP contribution in [0.4, 0.5) is 0 Å². The van der Waals surface area contributed by atoms with Crippen molar-refractivity contribution in [2.45, 2.75) is 51.1 Å². The summed E-state index contributed by atoms with van der Waals surface area (Å²) in [7, 11) is -1.55. The van der Waals surface area contributed by atoms with Crippen LogP contribution in [0.1, 0.15) is 43.5 Å². The molecule has 0 aliphatic carbocycles. The van der Waals surface area contributed by atoms with Crippen LogP contribution in [0.3, 0.4) is 0 Å². The number of carbonyl (C=O) groups is 2. The minimum absolute atomic E-state index is 0. The van der Waals surface area contributed by atoms with Gasteiger partial charge in [0.15, 0.2) is 0 Å². The second kappa shape index (κ2) is 25.1. The van der Waals surface area contributed by atoms with E-state index in [9.17, 15) is 19.6 Å². The van der Waals surface area contributed by atoms with Crippen molar-refractivity contribution >= 4 is 18.9 Å². The fraction of sp³-hybridized carbons (Fsp3) is 0.423. The van der Waals surface area contributed by atoms with Gasteiger partial charge in [0.1, 0.15) is 0 Å². The van der Waals surface area contributed by atoms with Crippen LogP contribution >= 0.6 is 0 Å². The van der Waals surface area contributed by atoms with Gasteiger partial charge in [-0.2, -0.15) is 0 Å². The number of hydrogen-bond donors (Lipinski definition) is 3. The van der Waals surface area contributed by atoms with E-state index in [-0.39, 0.29) is 38.8 Å². The van der Waals surface area contributed by atoms with E-state index >= 15 is 0 Å². The Kier molecular flexibility index (Phi) is 24.6. The zero-order valence-electron chi connectivity index (χ0n) is 21.9. The summed E-state index contributed by atoms with van der Waals surface area (Å²) in [6, 6.07) is 11.7. The molecule has 1 unspecified atom stereocenters. The fourth-order valence-electron chi connectivity index (χ4n) is 4.05. The molecule has 12 nitrogen and oxygen atoms in total. The maximum absolute atomic E-state index is 12.3. The van der Waals surface area contributed by atoms with E-state index < -0.39 is 13.1 Å². The topological polar surface area (TPSA) is 179 Å². The first-order chi connectivity index (χ1) is 19.0. The van der Waals surface area contributed by atoms with E-state index in [1.165, 1.54) is 4.90 Å². The Morgan fingerprint density at radius 3 is 2.00 bits per heavy atom. The van der Waals surface area contributed by atoms with Gasteiger partial charge in [-0.1, -0.05) is 12.1 Å². The van der Waals surface area contributed by atoms with Crippen LogP contribution in [0.15, 0.2) is 48.8 Å². The van der Waals surface area contributed by atoms with Gasteiger partial charge in [0.25, 0.3) is 0 Å². The van der Waals surface area contributed by atoms with Crippen LogP contribution in [-0.2, 0) is 57.1 Å². The minimum Gasteiger partial charge on any atom is 0 e. The average Bonchev–Trinajstić information content (AvgIpc) is 3.49. The summed E-state index contributed by atoms with van der Waals surface area (Å²) in [4.78, 5) is 37.0. The Morgan fingerprint density at radius 2 is 1.52 bits per heavy atom. The molecule has 2 aromatic heterocycles. The molecule has 14 heteroatoms. The number of nitrogens with zero attached hydrogens (tertiary/aromatic N) is 4. The number of rotatable bonds is 12. The maximum atomic E-state index is 12.3. The van der Waals surface area contributed by atoms with Gasteiger partial charge in [-0.05, 0) is 56.5 Å². The maximum Gasteiger partial charge on any atom is 0 e. The van der Waals surface area contributed by atoms with Crippen molar-refractivity contribution in [2.75, 3.05) is 19.6 Å². The Bertz CT molecular complexity index is 957. The van der Waals surface area contributed by atoms with Gasteiger partial charge in [0.05, 0.1) is 23.9 Å². The van der Waals surface area contributed by atoms with Crippen LogP contribution < -0.4 is 5.32 Å². The predicted octanol–water partition coefficient (Wildman–Crippen LogP) is 0.653. The number of unbranched alkanes of at least 4 members (excludes halogenated alkanes) is 1. The predicted molar refractivity (Wildman–Crippen MR) is 136 cm³/mol. The monoisotopic (exact) mass is 724 g/mol. The molecule has 1 radical (unpaired) electrons. The summed E-state index contributed by atoms with van der Waals surface area (Å²) < 4.78 is 22.5. The van der Waals surface area contributed by atoms with E-state index in [1.807, 2.05) is 36.4 Å². The molecule has 3 N–H and O–H groups in total. The van der Waals surface area contributed by atoms with Gasteiger partial charge in [-0.15, -0.1) is 0 Å². The molecule has 0 bridgehead atoms. The van der Waals surface area contributed by atoms with E-state index in [0.717, 1.165) is 30.8 Å². The molecule has 1 saturated heterocycles. The van der Waals surface area contributed by atoms with Crippen LogP contribution in [0.5, 0.6) is 0 Å². The summed E-state index contributed by atoms with van der Waals surface area (Å²) in [5.41, 5.74) is 1.97. The van der Waals surface area contributed by atoms with Crippen molar-refractivity contribution in [2.24, 2.45) is 0 Å². The first kappa shape index (κ1) is 39.2. The zero-order valence-corrected chi connectivity index (χ0v) is 24.7. The molecule has 1 atom stereocenters. The van der Waals surface area contributed by atoms with Gasteiger partial charge in [0, 0.05) is 58.9 Å². The van der Waals surface area contributed by atoms with Gasteiger partial charge in [0.2, 0.25) is 11.8 Å². The van der Waals surface area contributed by atoms with Crippen molar-refractivity contribution in [1.82, 2.24) is 25.1 Å². The molecule has 2 aromatic rings. The smallest absolute Gasteiger partial charge is 0 e. The summed E-state index contributed by atoms with van der Waals surface area (Å²) in [6.45, 7) is 16.1. The third kappa shape index (κ3) is 15.6. The van der Waals surface area contributed by atoms with Gasteiger partial charge in [-0.25, -0.2) is 0 Å². The van der Waals surface area contributed by atoms with Crippen LogP contribution in [0.25, 0.3) is 0 Å². The van der Waals surface area contributed by atoms with Crippen molar-refractivity contribution in [3.05, 3.63) is 80.1 Å². The average molecular weight is 724 g/mol. The summed E-state index contributed by atoms with van der Waals surface area (Å²) in [6.07, 6.45) is 6.71. The molecular formula is C26H32BN5O7Re. The molecular weight excluding hydrogens is 691 g/mol. The number of hydrogen-bond acceptors (Lipinski definition) is 7. The molecule has 40 heavy (non-hydrogen) atoms. The molecule has 1 fully saturated rings. The first-order valence-corrected chi connectivity index (χ1v) is 12.1. The second-order valence-electron chi connectivity index (χ2n) is 8.30. The Balaban J connectivity index is 0. The van der Waals surface area contributed by atoms with Crippen molar-refractivity contribution in [3.63, 3.8) is 0 Å². The second-order valence-corrected chi connectivity index (χ2v) is 8.30. The van der Waals surface area contributed by atoms with E-state index in [0.29, 0.717) is 38.9 Å². The molecule has 0 saturated carbocycles. The summed E-state index contributed by atoms with van der Waals surface area (Å²) >= 11 is 0. The Labute approximate surface area is 248 Å². The molecule has 2 amide bonds. The van der Waals surface area contributed by atoms with E-state index in [4.69, 9.17) is 14.0 Å². The molecule has 3 rings (SSSR count). The van der Waals surface area contributed by atoms with E-state index in [1.54, 1.807) is 12.4 Å². The Morgan fingerprint density at radius 1 is 0.975 bits per heavy atom. The number of pyridine rings is 2. The van der Waals surface area contributed by atoms with Crippen LogP contribution in [0.2, 0.25) is 0 Å². The molecule has 213 valence electrons. The van der Waals surface area contributed by atoms with Crippen LogP contribution in [-0.4, -0.2) is 74.3 Å². The largest absolute Gasteiger partial charge is 0 e. The molecule has 0 spiro atoms. The van der Waals surface area contributed by atoms with Crippen LogP contribution in [0, 0.1) is 20.0 Å². The van der Waals surface area contributed by atoms with Gasteiger partial charge < -0.3 is 20.3 Å². The van der Waals surface area contributed by atoms with Crippen molar-refractivity contribution in [1.29, 1.82) is 0 Å². The third-order valence-corrected chi connectivity index (χ3v) is 5.75. The van der Waals surface area contributed by atoms with Gasteiger partial charge in [-0.3, -0.25) is 24.5 Å². The number of carbonyl (C=O) groups excluding carboxylic acids is 2. The molecule has 1 aliphatic heterocycles. The number of aromatic nitrogens is 2. The fourth-order valence-corrected chi connectivity index (χ4v) is 4.05. The summed E-state index contributed by atoms with van der Waals surface area (Å²) in [5.74, 6) is -1.04. The summed E-state index contributed by atoms with van der Waals surface area (Å²) in [5, 5.41) is 21.4. The Hall–Kier alpha value is -2.93. The van der Waals surface area contributed by atoms with Gasteiger partial charge >= 0.3 is 41.0 Å². The number of likely N-dealkylation sites (tertiary alicyclic amines) is 1. The normalized spacial score (nSPS) is 13.0. The quantitative estimate of drug-likeness (QED) is 0.125. The van der Waals surface area contributed by atoms with Crippen molar-refractivity contribution < 1.29 is 54.0 Å². The SMILES string of the molecule is O=C(CCCCN(Cc1ccccn1)Cc1ccccn1)NCC(=O)N1CCCC1B(O)O.[C-]#[O+].[C-]#[O+].[C-]#[O+].[Re]. The molecule has 0 aromatic carbocycles.